The molecule has 1 fully saturated rings. The van der Waals surface area contributed by atoms with Gasteiger partial charge in [0, 0.05) is 19.1 Å². The molecule has 2 rings (SSSR count). The molecule has 0 spiro atoms. The van der Waals surface area contributed by atoms with Crippen LogP contribution in [0.4, 0.5) is 5.82 Å². The summed E-state index contributed by atoms with van der Waals surface area (Å²) in [6.07, 6.45) is 1.04. The van der Waals surface area contributed by atoms with Gasteiger partial charge < -0.3 is 16.4 Å². The van der Waals surface area contributed by atoms with Crippen molar-refractivity contribution in [1.82, 2.24) is 10.2 Å². The van der Waals surface area contributed by atoms with Gasteiger partial charge in [0.1, 0.15) is 0 Å². The molecule has 1 saturated heterocycles. The Bertz CT molecular complexity index is 405. The fraction of sp³-hybridized carbons (Fsp3) is 0.545. The summed E-state index contributed by atoms with van der Waals surface area (Å²) in [5.74, 6) is 0.717. The van der Waals surface area contributed by atoms with Crippen LogP contribution in [-0.2, 0) is 0 Å². The smallest absolute Gasteiger partial charge is 0.269 e. The van der Waals surface area contributed by atoms with E-state index in [2.05, 4.69) is 22.0 Å². The minimum atomic E-state index is -0.562. The van der Waals surface area contributed by atoms with Gasteiger partial charge in [-0.15, -0.1) is 10.2 Å². The minimum Gasteiger partial charge on any atom is -0.364 e. The molecule has 92 valence electrons. The monoisotopic (exact) mass is 235 g/mol. The topological polar surface area (TPSA) is 98.1 Å². The van der Waals surface area contributed by atoms with Crippen molar-refractivity contribution >= 4 is 11.7 Å². The number of nitrogens with zero attached hydrogens (tertiary/aromatic N) is 3. The highest BCUT2D eigenvalue weighted by Gasteiger charge is 2.24. The van der Waals surface area contributed by atoms with E-state index in [1.165, 1.54) is 0 Å². The van der Waals surface area contributed by atoms with Gasteiger partial charge in [-0.1, -0.05) is 6.92 Å². The van der Waals surface area contributed by atoms with Gasteiger partial charge in [0.2, 0.25) is 0 Å². The van der Waals surface area contributed by atoms with Crippen molar-refractivity contribution in [2.75, 3.05) is 18.0 Å². The number of anilines is 1. The van der Waals surface area contributed by atoms with Crippen LogP contribution in [0.1, 0.15) is 23.8 Å². The maximum absolute atomic E-state index is 10.9. The van der Waals surface area contributed by atoms with Crippen LogP contribution in [0.25, 0.3) is 0 Å². The van der Waals surface area contributed by atoms with Gasteiger partial charge in [0.05, 0.1) is 0 Å². The Morgan fingerprint density at radius 2 is 2.24 bits per heavy atom. The molecule has 0 saturated carbocycles. The summed E-state index contributed by atoms with van der Waals surface area (Å²) in [6.45, 7) is 3.84. The molecule has 17 heavy (non-hydrogen) atoms. The molecule has 6 nitrogen and oxygen atoms in total. The highest BCUT2D eigenvalue weighted by molar-refractivity contribution is 5.90. The second-order valence-electron chi connectivity index (χ2n) is 4.52. The fourth-order valence-electron chi connectivity index (χ4n) is 1.93. The van der Waals surface area contributed by atoms with Gasteiger partial charge in [-0.2, -0.15) is 0 Å². The van der Waals surface area contributed by atoms with E-state index < -0.39 is 5.91 Å². The van der Waals surface area contributed by atoms with Crippen molar-refractivity contribution in [2.24, 2.45) is 17.4 Å². The van der Waals surface area contributed by atoms with Crippen LogP contribution in [0.2, 0.25) is 0 Å². The third kappa shape index (κ3) is 2.52. The van der Waals surface area contributed by atoms with E-state index in [4.69, 9.17) is 11.5 Å². The van der Waals surface area contributed by atoms with Gasteiger partial charge >= 0.3 is 0 Å². The maximum atomic E-state index is 10.9. The van der Waals surface area contributed by atoms with Crippen LogP contribution in [-0.4, -0.2) is 35.2 Å². The Kier molecular flexibility index (Phi) is 3.23. The molecule has 0 aromatic carbocycles. The second kappa shape index (κ2) is 4.67. The average molecular weight is 235 g/mol. The van der Waals surface area contributed by atoms with Crippen LogP contribution in [0.3, 0.4) is 0 Å². The predicted molar refractivity (Wildman–Crippen MR) is 64.5 cm³/mol. The standard InChI is InChI=1S/C11H17N5O/c1-7-4-5-16(6-8(7)12)10-3-2-9(11(13)17)14-15-10/h2-3,7-8H,4-6,12H2,1H3,(H2,13,17). The first-order valence-electron chi connectivity index (χ1n) is 5.72. The molecular formula is C11H17N5O. The number of aromatic nitrogens is 2. The third-order valence-corrected chi connectivity index (χ3v) is 3.24. The highest BCUT2D eigenvalue weighted by Crippen LogP contribution is 2.20. The fourth-order valence-corrected chi connectivity index (χ4v) is 1.93. The lowest BCUT2D eigenvalue weighted by atomic mass is 9.94. The van der Waals surface area contributed by atoms with Gasteiger partial charge in [0.15, 0.2) is 11.5 Å². The molecule has 1 aliphatic heterocycles. The number of carbonyl (C=O) groups is 1. The number of hydrogen-bond acceptors (Lipinski definition) is 5. The molecule has 4 N–H and O–H groups in total. The van der Waals surface area contributed by atoms with Crippen molar-refractivity contribution in [3.63, 3.8) is 0 Å². The summed E-state index contributed by atoms with van der Waals surface area (Å²) >= 11 is 0. The summed E-state index contributed by atoms with van der Waals surface area (Å²) in [4.78, 5) is 13.0. The Morgan fingerprint density at radius 1 is 1.47 bits per heavy atom. The lowest BCUT2D eigenvalue weighted by Crippen LogP contribution is -2.48. The number of nitrogens with two attached hydrogens (primary N) is 2. The first-order valence-corrected chi connectivity index (χ1v) is 5.72. The van der Waals surface area contributed by atoms with E-state index in [0.29, 0.717) is 5.92 Å². The van der Waals surface area contributed by atoms with Crippen LogP contribution >= 0.6 is 0 Å². The Balaban J connectivity index is 2.10. The first kappa shape index (κ1) is 11.8. The summed E-state index contributed by atoms with van der Waals surface area (Å²) in [6, 6.07) is 3.51. The first-order chi connectivity index (χ1) is 8.08. The van der Waals surface area contributed by atoms with E-state index in [1.807, 2.05) is 0 Å². The molecule has 2 unspecified atom stereocenters. The summed E-state index contributed by atoms with van der Waals surface area (Å²) in [7, 11) is 0. The average Bonchev–Trinajstić information content (AvgIpc) is 2.33. The zero-order valence-electron chi connectivity index (χ0n) is 9.84. The van der Waals surface area contributed by atoms with Gasteiger partial charge in [-0.3, -0.25) is 4.79 Å². The predicted octanol–water partition coefficient (Wildman–Crippen LogP) is -0.251. The van der Waals surface area contributed by atoms with Crippen molar-refractivity contribution in [2.45, 2.75) is 19.4 Å². The zero-order valence-corrected chi connectivity index (χ0v) is 9.84. The van der Waals surface area contributed by atoms with Crippen LogP contribution in [0, 0.1) is 5.92 Å². The van der Waals surface area contributed by atoms with Crippen LogP contribution in [0.15, 0.2) is 12.1 Å². The summed E-state index contributed by atoms with van der Waals surface area (Å²) in [5.41, 5.74) is 11.3. The van der Waals surface area contributed by atoms with Crippen molar-refractivity contribution < 1.29 is 4.79 Å². The molecule has 2 atom stereocenters. The van der Waals surface area contributed by atoms with Crippen molar-refractivity contribution in [3.8, 4) is 0 Å². The molecule has 6 heteroatoms. The van der Waals surface area contributed by atoms with Crippen LogP contribution < -0.4 is 16.4 Å². The molecule has 1 amide bonds. The van der Waals surface area contributed by atoms with Gasteiger partial charge in [-0.05, 0) is 24.5 Å². The molecule has 0 radical (unpaired) electrons. The van der Waals surface area contributed by atoms with Crippen LogP contribution in [0.5, 0.6) is 0 Å². The number of amides is 1. The maximum Gasteiger partial charge on any atom is 0.269 e. The third-order valence-electron chi connectivity index (χ3n) is 3.24. The van der Waals surface area contributed by atoms with Gasteiger partial charge in [-0.25, -0.2) is 0 Å². The van der Waals surface area contributed by atoms with Crippen molar-refractivity contribution in [1.29, 1.82) is 0 Å². The number of hydrogen-bond donors (Lipinski definition) is 2. The number of rotatable bonds is 2. The summed E-state index contributed by atoms with van der Waals surface area (Å²) in [5, 5.41) is 7.79. The number of piperidine rings is 1. The molecule has 0 aliphatic carbocycles. The Hall–Kier alpha value is -1.69. The highest BCUT2D eigenvalue weighted by atomic mass is 16.1. The van der Waals surface area contributed by atoms with E-state index in [9.17, 15) is 4.79 Å². The van der Waals surface area contributed by atoms with Gasteiger partial charge in [0.25, 0.3) is 5.91 Å². The normalized spacial score (nSPS) is 24.7. The van der Waals surface area contributed by atoms with E-state index in [-0.39, 0.29) is 11.7 Å². The quantitative estimate of drug-likeness (QED) is 0.736. The molecule has 1 aromatic heterocycles. The largest absolute Gasteiger partial charge is 0.364 e. The summed E-state index contributed by atoms with van der Waals surface area (Å²) < 4.78 is 0. The van der Waals surface area contributed by atoms with E-state index in [1.54, 1.807) is 12.1 Å². The zero-order chi connectivity index (χ0) is 12.4. The lowest BCUT2D eigenvalue weighted by Gasteiger charge is -2.35. The molecule has 0 bridgehead atoms. The Labute approximate surface area is 100.0 Å². The molecule has 1 aromatic rings. The molecule has 2 heterocycles. The van der Waals surface area contributed by atoms with E-state index >= 15 is 0 Å². The Morgan fingerprint density at radius 3 is 2.76 bits per heavy atom. The number of carbonyl (C=O) groups excluding carboxylic acids is 1. The molecule has 1 aliphatic rings. The second-order valence-corrected chi connectivity index (χ2v) is 4.52. The van der Waals surface area contributed by atoms with Crippen molar-refractivity contribution in [3.05, 3.63) is 17.8 Å². The molecular weight excluding hydrogens is 218 g/mol. The number of primary amides is 1. The SMILES string of the molecule is CC1CCN(c2ccc(C(N)=O)nn2)CC1N. The minimum absolute atomic E-state index is 0.154. The lowest BCUT2D eigenvalue weighted by molar-refractivity contribution is 0.0994. The van der Waals surface area contributed by atoms with E-state index in [0.717, 1.165) is 25.3 Å².